The van der Waals surface area contributed by atoms with Crippen LogP contribution in [0.15, 0.2) is 47.6 Å². The van der Waals surface area contributed by atoms with E-state index in [1.807, 2.05) is 4.31 Å². The van der Waals surface area contributed by atoms with Gasteiger partial charge in [-0.2, -0.15) is 5.10 Å². The Bertz CT molecular complexity index is 936. The molecular formula is C21H23F4N5S. The van der Waals surface area contributed by atoms with Gasteiger partial charge in [-0.05, 0) is 24.3 Å². The number of hydrazone groups is 1. The van der Waals surface area contributed by atoms with Crippen molar-refractivity contribution < 1.29 is 17.6 Å². The molecule has 5 nitrogen and oxygen atoms in total. The maximum atomic E-state index is 14.9. The summed E-state index contributed by atoms with van der Waals surface area (Å²) in [6.45, 7) is 3.55. The number of alkyl halides is 2. The second kappa shape index (κ2) is 9.88. The van der Waals surface area contributed by atoms with Gasteiger partial charge in [0.25, 0.3) is 6.43 Å². The molecule has 1 unspecified atom stereocenters. The number of rotatable bonds is 7. The van der Waals surface area contributed by atoms with Gasteiger partial charge in [0, 0.05) is 55.9 Å². The minimum atomic E-state index is -2.53. The second-order valence-corrected chi connectivity index (χ2v) is 8.54. The highest BCUT2D eigenvalue weighted by Crippen LogP contribution is 2.29. The van der Waals surface area contributed by atoms with Gasteiger partial charge < -0.3 is 10.7 Å². The van der Waals surface area contributed by atoms with Crippen LogP contribution in [0, 0.1) is 11.6 Å². The lowest BCUT2D eigenvalue weighted by Gasteiger charge is -2.32. The lowest BCUT2D eigenvalue weighted by Crippen LogP contribution is -2.41. The van der Waals surface area contributed by atoms with E-state index in [1.54, 1.807) is 24.3 Å². The number of hydrogen-bond donors (Lipinski definition) is 2. The van der Waals surface area contributed by atoms with E-state index in [2.05, 4.69) is 20.1 Å². The number of hydrogen-bond acceptors (Lipinski definition) is 6. The molecule has 1 fully saturated rings. The number of anilines is 1. The fourth-order valence-electron chi connectivity index (χ4n) is 3.46. The maximum Gasteiger partial charge on any atom is 0.260 e. The summed E-state index contributed by atoms with van der Waals surface area (Å²) in [6, 6.07) is 9.80. The van der Waals surface area contributed by atoms with Crippen molar-refractivity contribution in [2.24, 2.45) is 5.10 Å². The fourth-order valence-corrected chi connectivity index (χ4v) is 4.49. The third-order valence-electron chi connectivity index (χ3n) is 5.17. The molecule has 4 rings (SSSR count). The van der Waals surface area contributed by atoms with Crippen molar-refractivity contribution in [2.75, 3.05) is 30.5 Å². The van der Waals surface area contributed by atoms with Gasteiger partial charge in [-0.25, -0.2) is 21.9 Å². The first-order chi connectivity index (χ1) is 15.0. The summed E-state index contributed by atoms with van der Waals surface area (Å²) in [7, 11) is 0. The van der Waals surface area contributed by atoms with Crippen LogP contribution in [-0.4, -0.2) is 48.7 Å². The summed E-state index contributed by atoms with van der Waals surface area (Å²) in [6.07, 6.45) is -2.49. The fraction of sp³-hybridized carbons (Fsp3) is 0.381. The molecule has 166 valence electrons. The van der Waals surface area contributed by atoms with Gasteiger partial charge in [-0.1, -0.05) is 18.2 Å². The van der Waals surface area contributed by atoms with E-state index in [1.165, 1.54) is 30.3 Å². The molecule has 1 saturated heterocycles. The highest BCUT2D eigenvalue weighted by molar-refractivity contribution is 7.98. The van der Waals surface area contributed by atoms with Crippen LogP contribution in [0.5, 0.6) is 0 Å². The van der Waals surface area contributed by atoms with Gasteiger partial charge in [-0.15, -0.1) is 0 Å². The maximum absolute atomic E-state index is 14.9. The van der Waals surface area contributed by atoms with Crippen LogP contribution in [0.2, 0.25) is 0 Å². The summed E-state index contributed by atoms with van der Waals surface area (Å²) in [4.78, 5) is 0. The number of nitrogens with zero attached hydrogens (tertiary/aromatic N) is 3. The number of piperazine rings is 1. The van der Waals surface area contributed by atoms with Crippen molar-refractivity contribution in [1.29, 1.82) is 0 Å². The summed E-state index contributed by atoms with van der Waals surface area (Å²) >= 11 is 1.44. The molecule has 1 atom stereocenters. The van der Waals surface area contributed by atoms with E-state index in [0.717, 1.165) is 26.2 Å². The molecular weight excluding hydrogens is 430 g/mol. The van der Waals surface area contributed by atoms with E-state index < -0.39 is 18.3 Å². The molecule has 0 saturated carbocycles. The zero-order valence-corrected chi connectivity index (χ0v) is 17.5. The van der Waals surface area contributed by atoms with Gasteiger partial charge in [0.15, 0.2) is 0 Å². The highest BCUT2D eigenvalue weighted by Gasteiger charge is 2.28. The second-order valence-electron chi connectivity index (χ2n) is 7.42. The predicted molar refractivity (Wildman–Crippen MR) is 115 cm³/mol. The average molecular weight is 454 g/mol. The van der Waals surface area contributed by atoms with Gasteiger partial charge in [0.05, 0.1) is 17.9 Å². The highest BCUT2D eigenvalue weighted by atomic mass is 32.2. The van der Waals surface area contributed by atoms with Crippen molar-refractivity contribution >= 4 is 23.5 Å². The summed E-state index contributed by atoms with van der Waals surface area (Å²) < 4.78 is 58.5. The predicted octanol–water partition coefficient (Wildman–Crippen LogP) is 3.77. The Morgan fingerprint density at radius 3 is 2.61 bits per heavy atom. The molecule has 0 amide bonds. The van der Waals surface area contributed by atoms with Gasteiger partial charge >= 0.3 is 0 Å². The van der Waals surface area contributed by atoms with E-state index in [4.69, 9.17) is 0 Å². The third-order valence-corrected chi connectivity index (χ3v) is 6.30. The van der Waals surface area contributed by atoms with E-state index in [0.29, 0.717) is 22.5 Å². The Balaban J connectivity index is 1.52. The third kappa shape index (κ3) is 5.50. The molecule has 0 aliphatic carbocycles. The molecule has 2 aromatic carbocycles. The first-order valence-corrected chi connectivity index (χ1v) is 10.8. The van der Waals surface area contributed by atoms with Crippen molar-refractivity contribution in [3.05, 3.63) is 65.2 Å². The van der Waals surface area contributed by atoms with Crippen molar-refractivity contribution in [2.45, 2.75) is 25.4 Å². The van der Waals surface area contributed by atoms with Crippen LogP contribution in [0.4, 0.5) is 23.2 Å². The molecule has 2 aromatic rings. The van der Waals surface area contributed by atoms with E-state index in [9.17, 15) is 17.6 Å². The monoisotopic (exact) mass is 453 g/mol. The lowest BCUT2D eigenvalue weighted by molar-refractivity contribution is 0.106. The first kappa shape index (κ1) is 21.9. The molecule has 0 radical (unpaired) electrons. The zero-order chi connectivity index (χ0) is 21.8. The van der Waals surface area contributed by atoms with Crippen LogP contribution in [-0.2, 0) is 6.54 Å². The molecule has 31 heavy (non-hydrogen) atoms. The molecule has 0 spiro atoms. The Morgan fingerprint density at radius 2 is 1.94 bits per heavy atom. The van der Waals surface area contributed by atoms with E-state index >= 15 is 0 Å². The van der Waals surface area contributed by atoms with Crippen LogP contribution in [0.25, 0.3) is 0 Å². The minimum Gasteiger partial charge on any atom is -0.314 e. The van der Waals surface area contributed by atoms with Crippen LogP contribution in [0.1, 0.15) is 17.5 Å². The van der Waals surface area contributed by atoms with Crippen molar-refractivity contribution in [3.8, 4) is 0 Å². The van der Waals surface area contributed by atoms with Crippen molar-refractivity contribution in [1.82, 2.24) is 15.0 Å². The SMILES string of the molecule is Fc1cccc(N(Cc2ccc(C3=NNC(C(F)F)C3)cc2F)SN2CCNCC2)c1. The normalized spacial score (nSPS) is 19.4. The molecule has 2 N–H and O–H groups in total. The number of benzene rings is 2. The van der Waals surface area contributed by atoms with Crippen molar-refractivity contribution in [3.63, 3.8) is 0 Å². The zero-order valence-electron chi connectivity index (χ0n) is 16.7. The van der Waals surface area contributed by atoms with Gasteiger partial charge in [0.1, 0.15) is 17.7 Å². The summed E-state index contributed by atoms with van der Waals surface area (Å²) in [5, 5.41) is 7.21. The lowest BCUT2D eigenvalue weighted by atomic mass is 10.0. The molecule has 0 aromatic heterocycles. The van der Waals surface area contributed by atoms with Gasteiger partial charge in [0.2, 0.25) is 0 Å². The quantitative estimate of drug-likeness (QED) is 0.494. The molecule has 0 bridgehead atoms. The molecule has 10 heteroatoms. The van der Waals surface area contributed by atoms with Gasteiger partial charge in [-0.3, -0.25) is 4.31 Å². The van der Waals surface area contributed by atoms with Crippen LogP contribution < -0.4 is 15.0 Å². The Kier molecular flexibility index (Phi) is 6.99. The van der Waals surface area contributed by atoms with Crippen LogP contribution >= 0.6 is 12.1 Å². The topological polar surface area (TPSA) is 42.9 Å². The molecule has 2 heterocycles. The largest absolute Gasteiger partial charge is 0.314 e. The standard InChI is InChI=1S/C21H23F4N5S/c22-16-2-1-3-17(11-16)30(31-29-8-6-26-7-9-29)13-15-5-4-14(10-18(15)23)19-12-20(21(24)25)28-27-19/h1-5,10-11,20-21,26,28H,6-9,12-13H2. The Morgan fingerprint density at radius 1 is 1.13 bits per heavy atom. The van der Waals surface area contributed by atoms with Crippen LogP contribution in [0.3, 0.4) is 0 Å². The van der Waals surface area contributed by atoms with E-state index in [-0.39, 0.29) is 18.8 Å². The Hall–Kier alpha value is -2.30. The minimum absolute atomic E-state index is 0.0463. The first-order valence-electron chi connectivity index (χ1n) is 10.1. The molecule has 2 aliphatic heterocycles. The number of nitrogens with one attached hydrogen (secondary N) is 2. The molecule has 2 aliphatic rings. The smallest absolute Gasteiger partial charge is 0.260 e. The average Bonchev–Trinajstić information content (AvgIpc) is 3.26. The Labute approximate surface area is 182 Å². The number of halogens is 4. The summed E-state index contributed by atoms with van der Waals surface area (Å²) in [5.41, 5.74) is 4.35. The summed E-state index contributed by atoms with van der Waals surface area (Å²) in [5.74, 6) is -0.817.